The summed E-state index contributed by atoms with van der Waals surface area (Å²) in [6.07, 6.45) is 7.69. The molecular formula is C42H53N5O6. The number of rotatable bonds is 19. The van der Waals surface area contributed by atoms with E-state index in [1.165, 1.54) is 32.7 Å². The maximum Gasteiger partial charge on any atom is 0.305 e. The molecular weight excluding hydrogens is 670 g/mol. The Hall–Kier alpha value is -5.13. The lowest BCUT2D eigenvalue weighted by molar-refractivity contribution is -0.140. The van der Waals surface area contributed by atoms with Gasteiger partial charge in [0.15, 0.2) is 5.82 Å². The van der Waals surface area contributed by atoms with Gasteiger partial charge in [-0.1, -0.05) is 102 Å². The summed E-state index contributed by atoms with van der Waals surface area (Å²) >= 11 is 0. The van der Waals surface area contributed by atoms with Crippen LogP contribution in [0.3, 0.4) is 0 Å². The Kier molecular flexibility index (Phi) is 15.1. The number of hydrogen-bond acceptors (Lipinski definition) is 8. The molecule has 0 spiro atoms. The first kappa shape index (κ1) is 40.6. The molecule has 4 aromatic rings. The van der Waals surface area contributed by atoms with E-state index in [1.54, 1.807) is 24.5 Å². The van der Waals surface area contributed by atoms with Crippen LogP contribution in [0, 0.1) is 0 Å². The molecule has 0 aliphatic carbocycles. The second kappa shape index (κ2) is 19.6. The van der Waals surface area contributed by atoms with Crippen LogP contribution >= 0.6 is 0 Å². The largest absolute Gasteiger partial charge is 0.494 e. The number of amides is 2. The Bertz CT molecular complexity index is 1750. The summed E-state index contributed by atoms with van der Waals surface area (Å²) in [5, 5.41) is 28.6. The van der Waals surface area contributed by atoms with Crippen LogP contribution in [0.2, 0.25) is 0 Å². The maximum absolute atomic E-state index is 13.4. The molecule has 1 heterocycles. The summed E-state index contributed by atoms with van der Waals surface area (Å²) in [4.78, 5) is 46.5. The highest BCUT2D eigenvalue weighted by molar-refractivity contribution is 5.94. The highest BCUT2D eigenvalue weighted by atomic mass is 16.5. The smallest absolute Gasteiger partial charge is 0.305 e. The average Bonchev–Trinajstić information content (AvgIpc) is 3.15. The fourth-order valence-corrected chi connectivity index (χ4v) is 5.82. The van der Waals surface area contributed by atoms with Crippen LogP contribution in [-0.4, -0.2) is 69.9 Å². The molecule has 0 aliphatic rings. The number of likely N-dealkylation sites (N-methyl/N-ethyl adjacent to an activating group) is 1. The van der Waals surface area contributed by atoms with E-state index < -0.39 is 42.5 Å². The van der Waals surface area contributed by atoms with Gasteiger partial charge in [0.1, 0.15) is 12.0 Å². The number of aliphatic hydroxyl groups excluding tert-OH is 1. The molecule has 53 heavy (non-hydrogen) atoms. The Balaban J connectivity index is 1.44. The molecule has 0 fully saturated rings. The van der Waals surface area contributed by atoms with Crippen LogP contribution in [0.15, 0.2) is 85.2 Å². The molecule has 11 heteroatoms. The number of nitrogens with zero attached hydrogens (tertiary/aromatic N) is 2. The number of ether oxygens (including phenoxy) is 1. The monoisotopic (exact) mass is 723 g/mol. The summed E-state index contributed by atoms with van der Waals surface area (Å²) in [7, 11) is 1.38. The van der Waals surface area contributed by atoms with Gasteiger partial charge in [0.2, 0.25) is 5.91 Å². The maximum atomic E-state index is 13.4. The van der Waals surface area contributed by atoms with E-state index in [0.717, 1.165) is 40.0 Å². The van der Waals surface area contributed by atoms with E-state index in [4.69, 9.17) is 4.74 Å². The number of carboxylic acids is 1. The van der Waals surface area contributed by atoms with Gasteiger partial charge in [-0.25, -0.2) is 9.97 Å². The highest BCUT2D eigenvalue weighted by Gasteiger charge is 2.29. The van der Waals surface area contributed by atoms with Gasteiger partial charge in [-0.15, -0.1) is 0 Å². The molecule has 3 atom stereocenters. The van der Waals surface area contributed by atoms with E-state index >= 15 is 0 Å². The summed E-state index contributed by atoms with van der Waals surface area (Å²) in [5.41, 5.74) is 4.79. The van der Waals surface area contributed by atoms with Crippen LogP contribution in [0.4, 0.5) is 0 Å². The number of aromatic nitrogens is 2. The molecule has 0 radical (unpaired) electrons. The Morgan fingerprint density at radius 2 is 1.43 bits per heavy atom. The lowest BCUT2D eigenvalue weighted by Gasteiger charge is -2.28. The Morgan fingerprint density at radius 1 is 0.811 bits per heavy atom. The van der Waals surface area contributed by atoms with Crippen molar-refractivity contribution >= 4 is 17.8 Å². The van der Waals surface area contributed by atoms with Crippen molar-refractivity contribution in [2.45, 2.75) is 96.4 Å². The third kappa shape index (κ3) is 12.5. The van der Waals surface area contributed by atoms with E-state index in [0.29, 0.717) is 18.0 Å². The van der Waals surface area contributed by atoms with Gasteiger partial charge < -0.3 is 25.6 Å². The van der Waals surface area contributed by atoms with Gasteiger partial charge >= 0.3 is 5.97 Å². The van der Waals surface area contributed by atoms with Crippen molar-refractivity contribution in [2.24, 2.45) is 0 Å². The first-order valence-electron chi connectivity index (χ1n) is 18.3. The van der Waals surface area contributed by atoms with Gasteiger partial charge in [0.05, 0.1) is 25.1 Å². The Labute approximate surface area is 312 Å². The number of carboxylic acid groups (broad SMARTS) is 1. The van der Waals surface area contributed by atoms with Gasteiger partial charge in [-0.2, -0.15) is 0 Å². The fraction of sp³-hybridized carbons (Fsp3) is 0.405. The van der Waals surface area contributed by atoms with Gasteiger partial charge in [0, 0.05) is 36.1 Å². The summed E-state index contributed by atoms with van der Waals surface area (Å²) in [6.45, 7) is 9.17. The number of aliphatic carboxylic acids is 1. The molecule has 5 N–H and O–H groups in total. The molecule has 11 nitrogen and oxygen atoms in total. The predicted octanol–water partition coefficient (Wildman–Crippen LogP) is 6.30. The van der Waals surface area contributed by atoms with Crippen molar-refractivity contribution in [3.63, 3.8) is 0 Å². The highest BCUT2D eigenvalue weighted by Crippen LogP contribution is 2.25. The number of carbonyl (C=O) groups excluding carboxylic acids is 2. The van der Waals surface area contributed by atoms with Crippen LogP contribution in [-0.2, 0) is 21.4 Å². The van der Waals surface area contributed by atoms with Crippen molar-refractivity contribution in [3.8, 4) is 28.3 Å². The predicted molar refractivity (Wildman–Crippen MR) is 207 cm³/mol. The fourth-order valence-electron chi connectivity index (χ4n) is 5.82. The van der Waals surface area contributed by atoms with Crippen LogP contribution in [0.25, 0.3) is 22.5 Å². The first-order chi connectivity index (χ1) is 25.4. The van der Waals surface area contributed by atoms with Crippen molar-refractivity contribution in [1.29, 1.82) is 0 Å². The molecule has 3 aromatic carbocycles. The summed E-state index contributed by atoms with van der Waals surface area (Å²) in [6, 6.07) is 20.4. The SMILES string of the molecule is CCCCCCCOc1ccc(-c2cnc(-c3ccc(C[C@H](NC(=O)c4ccc(C(C)(C)C)cc4)C(O)N[C@H](CC(=O)O)C(=O)NC)cc3)nc2)cc1. The molecule has 282 valence electrons. The van der Waals surface area contributed by atoms with Crippen molar-refractivity contribution < 1.29 is 29.3 Å². The van der Waals surface area contributed by atoms with E-state index in [1.807, 2.05) is 60.7 Å². The zero-order valence-corrected chi connectivity index (χ0v) is 31.4. The average molecular weight is 724 g/mol. The lowest BCUT2D eigenvalue weighted by Crippen LogP contribution is -2.57. The molecule has 0 aliphatic heterocycles. The molecule has 2 amide bonds. The molecule has 4 rings (SSSR count). The molecule has 0 saturated heterocycles. The minimum absolute atomic E-state index is 0.0926. The van der Waals surface area contributed by atoms with Crippen LogP contribution in [0.5, 0.6) is 5.75 Å². The van der Waals surface area contributed by atoms with Crippen LogP contribution < -0.4 is 20.7 Å². The standard InChI is InChI=1S/C42H53N5O6/c1-6-7-8-9-10-23-53-34-21-17-29(18-22-34)32-26-44-38(45-27-32)30-13-11-28(12-14-30)24-35(41(52)47-36(25-37(48)49)40(51)43-5)46-39(50)31-15-19-33(20-16-31)42(2,3)4/h11-22,26-27,35-36,41,47,52H,6-10,23-25H2,1-5H3,(H,43,51)(H,46,50)(H,48,49)/t35-,36+,41?/m0/s1. The zero-order valence-electron chi connectivity index (χ0n) is 31.4. The number of nitrogens with one attached hydrogen (secondary N) is 3. The lowest BCUT2D eigenvalue weighted by atomic mass is 9.86. The van der Waals surface area contributed by atoms with Crippen molar-refractivity contribution in [2.75, 3.05) is 13.7 Å². The number of carbonyl (C=O) groups is 3. The topological polar surface area (TPSA) is 163 Å². The molecule has 0 bridgehead atoms. The summed E-state index contributed by atoms with van der Waals surface area (Å²) < 4.78 is 5.89. The van der Waals surface area contributed by atoms with Crippen LogP contribution in [0.1, 0.15) is 87.7 Å². The minimum Gasteiger partial charge on any atom is -0.494 e. The second-order valence-electron chi connectivity index (χ2n) is 14.3. The van der Waals surface area contributed by atoms with Gasteiger partial charge in [-0.3, -0.25) is 19.7 Å². The molecule has 0 saturated carbocycles. The number of benzene rings is 3. The molecule has 1 aromatic heterocycles. The summed E-state index contributed by atoms with van der Waals surface area (Å²) in [5.74, 6) is -0.853. The minimum atomic E-state index is -1.46. The quantitative estimate of drug-likeness (QED) is 0.0553. The number of hydrogen-bond donors (Lipinski definition) is 5. The molecule has 1 unspecified atom stereocenters. The van der Waals surface area contributed by atoms with E-state index in [9.17, 15) is 24.6 Å². The van der Waals surface area contributed by atoms with E-state index in [-0.39, 0.29) is 11.8 Å². The van der Waals surface area contributed by atoms with E-state index in [2.05, 4.69) is 53.6 Å². The van der Waals surface area contributed by atoms with Crippen molar-refractivity contribution in [3.05, 3.63) is 102 Å². The normalized spacial score (nSPS) is 13.1. The second-order valence-corrected chi connectivity index (χ2v) is 14.3. The van der Waals surface area contributed by atoms with Gasteiger partial charge in [0.25, 0.3) is 5.91 Å². The van der Waals surface area contributed by atoms with Crippen molar-refractivity contribution in [1.82, 2.24) is 25.9 Å². The third-order valence-electron chi connectivity index (χ3n) is 9.05. The number of aliphatic hydroxyl groups is 1. The first-order valence-corrected chi connectivity index (χ1v) is 18.3. The zero-order chi connectivity index (χ0) is 38.4. The third-order valence-corrected chi connectivity index (χ3v) is 9.05. The number of unbranched alkanes of at least 4 members (excludes halogenated alkanes) is 4. The Morgan fingerprint density at radius 3 is 2.02 bits per heavy atom. The van der Waals surface area contributed by atoms with Gasteiger partial charge in [-0.05, 0) is 59.2 Å².